The van der Waals surface area contributed by atoms with Crippen molar-refractivity contribution in [2.75, 3.05) is 20.8 Å². The van der Waals surface area contributed by atoms with Gasteiger partial charge in [0.25, 0.3) is 11.8 Å². The Morgan fingerprint density at radius 2 is 1.47 bits per heavy atom. The lowest BCUT2D eigenvalue weighted by atomic mass is 9.96. The van der Waals surface area contributed by atoms with Crippen LogP contribution in [0.3, 0.4) is 0 Å². The van der Waals surface area contributed by atoms with E-state index < -0.39 is 30.2 Å². The van der Waals surface area contributed by atoms with Gasteiger partial charge in [-0.05, 0) is 108 Å². The van der Waals surface area contributed by atoms with E-state index in [9.17, 15) is 19.2 Å². The Morgan fingerprint density at radius 1 is 0.794 bits per heavy atom. The Hall–Kier alpha value is -7.10. The van der Waals surface area contributed by atoms with E-state index >= 15 is 8.78 Å². The molecular formula is C52H52F2N8O6. The fourth-order valence-electron chi connectivity index (χ4n) is 11.4. The molecule has 350 valence electrons. The van der Waals surface area contributed by atoms with Gasteiger partial charge in [-0.25, -0.2) is 19.6 Å². The number of aromatic amines is 2. The smallest absolute Gasteiger partial charge is 0.407 e. The van der Waals surface area contributed by atoms with E-state index in [0.717, 1.165) is 44.1 Å². The Kier molecular flexibility index (Phi) is 10.4. The molecule has 68 heavy (non-hydrogen) atoms. The number of ether oxygens (including phenoxy) is 2. The molecular weight excluding hydrogens is 871 g/mol. The minimum atomic E-state index is -3.30. The van der Waals surface area contributed by atoms with Gasteiger partial charge >= 0.3 is 12.2 Å². The van der Waals surface area contributed by atoms with Gasteiger partial charge in [0.2, 0.25) is 5.91 Å². The highest BCUT2D eigenvalue weighted by Gasteiger charge is 2.56. The molecule has 1 unspecified atom stereocenters. The summed E-state index contributed by atoms with van der Waals surface area (Å²) in [6, 6.07) is 22.6. The Bertz CT molecular complexity index is 3000. The average Bonchev–Trinajstić information content (AvgIpc) is 4.01. The van der Waals surface area contributed by atoms with E-state index in [1.807, 2.05) is 79.4 Å². The van der Waals surface area contributed by atoms with Gasteiger partial charge < -0.3 is 39.9 Å². The number of nitrogens with one attached hydrogen (secondary N) is 4. The van der Waals surface area contributed by atoms with Crippen molar-refractivity contribution in [3.05, 3.63) is 119 Å². The van der Waals surface area contributed by atoms with Crippen LogP contribution in [-0.4, -0.2) is 86.6 Å². The molecule has 3 aliphatic carbocycles. The molecule has 2 saturated heterocycles. The van der Waals surface area contributed by atoms with Gasteiger partial charge in [-0.1, -0.05) is 74.5 Å². The molecule has 2 aliphatic heterocycles. The number of imidazole rings is 2. The summed E-state index contributed by atoms with van der Waals surface area (Å²) in [5.74, 6) is -2.52. The molecule has 5 aliphatic rings. The van der Waals surface area contributed by atoms with E-state index in [-0.39, 0.29) is 58.3 Å². The third kappa shape index (κ3) is 7.26. The second kappa shape index (κ2) is 16.3. The summed E-state index contributed by atoms with van der Waals surface area (Å²) in [6.45, 7) is 4.30. The van der Waals surface area contributed by atoms with Gasteiger partial charge in [0.15, 0.2) is 0 Å². The number of hydrogen-bond donors (Lipinski definition) is 4. The average molecular weight is 923 g/mol. The van der Waals surface area contributed by atoms with E-state index in [0.29, 0.717) is 62.7 Å². The molecule has 4 N–H and O–H groups in total. The maximum Gasteiger partial charge on any atom is 0.407 e. The first-order valence-corrected chi connectivity index (χ1v) is 23.3. The molecule has 6 aromatic rings. The number of alkyl carbamates (subject to hydrolysis) is 2. The number of carbonyl (C=O) groups excluding carboxylic acids is 4. The number of hydrogen-bond acceptors (Lipinski definition) is 8. The van der Waals surface area contributed by atoms with Gasteiger partial charge in [-0.2, -0.15) is 8.78 Å². The van der Waals surface area contributed by atoms with Crippen molar-refractivity contribution in [1.29, 1.82) is 0 Å². The molecule has 4 amide bonds. The van der Waals surface area contributed by atoms with Gasteiger partial charge in [0.1, 0.15) is 23.7 Å². The fourth-order valence-corrected chi connectivity index (χ4v) is 11.4. The summed E-state index contributed by atoms with van der Waals surface area (Å²) in [6.07, 6.45) is 5.60. The predicted molar refractivity (Wildman–Crippen MR) is 248 cm³/mol. The lowest BCUT2D eigenvalue weighted by Crippen LogP contribution is -2.51. The second-order valence-electron chi connectivity index (χ2n) is 19.6. The summed E-state index contributed by atoms with van der Waals surface area (Å²) in [5.41, 5.74) is 5.25. The third-order valence-electron chi connectivity index (χ3n) is 15.1. The lowest BCUT2D eigenvalue weighted by molar-refractivity contribution is -0.138. The maximum absolute atomic E-state index is 16.7. The number of alkyl halides is 2. The van der Waals surface area contributed by atoms with Crippen LogP contribution in [0.4, 0.5) is 18.4 Å². The normalized spacial score (nSPS) is 22.3. The molecule has 11 rings (SSSR count). The molecule has 16 heteroatoms. The van der Waals surface area contributed by atoms with Crippen LogP contribution in [-0.2, 0) is 25.0 Å². The molecule has 4 aromatic carbocycles. The predicted octanol–water partition coefficient (Wildman–Crippen LogP) is 9.32. The summed E-state index contributed by atoms with van der Waals surface area (Å²) in [4.78, 5) is 73.3. The topological polar surface area (TPSA) is 175 Å². The number of piperidine rings is 1. The minimum Gasteiger partial charge on any atom is -0.453 e. The van der Waals surface area contributed by atoms with Crippen LogP contribution in [0.2, 0.25) is 0 Å². The molecule has 2 bridgehead atoms. The third-order valence-corrected chi connectivity index (χ3v) is 15.1. The molecule has 0 radical (unpaired) electrons. The number of H-pyrrole nitrogens is 2. The molecule has 6 atom stereocenters. The van der Waals surface area contributed by atoms with Gasteiger partial charge in [-0.3, -0.25) is 9.59 Å². The van der Waals surface area contributed by atoms with Crippen molar-refractivity contribution in [2.45, 2.75) is 88.5 Å². The van der Waals surface area contributed by atoms with Crippen molar-refractivity contribution in [2.24, 2.45) is 17.3 Å². The lowest BCUT2D eigenvalue weighted by Gasteiger charge is -2.36. The number of nitrogens with zero attached hydrogens (tertiary/aromatic N) is 4. The number of methoxy groups -OCH3 is 2. The molecule has 14 nitrogen and oxygen atoms in total. The summed E-state index contributed by atoms with van der Waals surface area (Å²) >= 11 is 0. The number of rotatable bonds is 10. The fraction of sp³-hybridized carbons (Fsp3) is 0.385. The first kappa shape index (κ1) is 43.5. The molecule has 2 saturated carbocycles. The zero-order valence-electron chi connectivity index (χ0n) is 38.1. The SMILES string of the molecule is COC(=O)N[C@H](C(=O)N1CC2(CC2)C[C@H]1c1ncc(-c2ccc3c(c2)C(F)(F)c2cc(-c4ccc5nc(C6[C@H]7CC[C@H](C7)N6C(=O)[C@H](NC(=O)OC)c6ccccc6)[nH]c5c4)ccc2-3)[nH]1)C(C)C. The number of aromatic nitrogens is 4. The Balaban J connectivity index is 0.844. The number of carbonyl (C=O) groups is 4. The summed E-state index contributed by atoms with van der Waals surface area (Å²) in [7, 11) is 2.53. The van der Waals surface area contributed by atoms with Crippen molar-refractivity contribution < 1.29 is 37.4 Å². The number of likely N-dealkylation sites (tertiary alicyclic amines) is 2. The largest absolute Gasteiger partial charge is 0.453 e. The van der Waals surface area contributed by atoms with Gasteiger partial charge in [0, 0.05) is 29.3 Å². The quantitative estimate of drug-likeness (QED) is 0.105. The van der Waals surface area contributed by atoms with Crippen molar-refractivity contribution in [1.82, 2.24) is 40.4 Å². The van der Waals surface area contributed by atoms with Crippen LogP contribution in [0.25, 0.3) is 44.5 Å². The molecule has 2 aromatic heterocycles. The highest BCUT2D eigenvalue weighted by Crippen LogP contribution is 2.59. The van der Waals surface area contributed by atoms with E-state index in [2.05, 4.69) is 20.6 Å². The molecule has 4 heterocycles. The van der Waals surface area contributed by atoms with Crippen LogP contribution >= 0.6 is 0 Å². The first-order chi connectivity index (χ1) is 32.8. The first-order valence-electron chi connectivity index (χ1n) is 23.3. The van der Waals surface area contributed by atoms with Crippen molar-refractivity contribution in [3.63, 3.8) is 0 Å². The molecule has 4 fully saturated rings. The van der Waals surface area contributed by atoms with Crippen molar-refractivity contribution in [3.8, 4) is 33.5 Å². The monoisotopic (exact) mass is 922 g/mol. The highest BCUT2D eigenvalue weighted by atomic mass is 19.3. The second-order valence-corrected chi connectivity index (χ2v) is 19.6. The summed E-state index contributed by atoms with van der Waals surface area (Å²) in [5, 5.41) is 5.45. The maximum atomic E-state index is 16.7. The Labute approximate surface area is 391 Å². The standard InChI is InChI=1S/C52H52F2N8O6/c1-27(2)42(59-49(65)67-3)47(63)61-26-51(18-19-51)24-41(61)45-55-25-40(58-45)31-12-16-35-34-15-11-29(21-36(34)52(53,54)37(35)22-31)30-13-17-38-39(23-30)57-46(56-38)44-32-10-14-33(20-32)62(44)48(64)43(60-50(66)68-4)28-8-6-5-7-9-28/h5-9,11-13,15-17,21-23,25,27,32-33,41-44H,10,14,18-20,24,26H2,1-4H3,(H,55,58)(H,56,57)(H,59,65)(H,60,66)/t32-,33+,41-,42-,43+,44?/m0/s1. The highest BCUT2D eigenvalue weighted by molar-refractivity contribution is 5.90. The van der Waals surface area contributed by atoms with Crippen LogP contribution in [0.1, 0.15) is 98.8 Å². The van der Waals surface area contributed by atoms with Crippen LogP contribution < -0.4 is 10.6 Å². The number of benzene rings is 4. The van der Waals surface area contributed by atoms with E-state index in [1.54, 1.807) is 29.3 Å². The zero-order chi connectivity index (χ0) is 47.2. The van der Waals surface area contributed by atoms with Crippen LogP contribution in [0, 0.1) is 17.3 Å². The van der Waals surface area contributed by atoms with Crippen molar-refractivity contribution >= 4 is 35.0 Å². The van der Waals surface area contributed by atoms with E-state index in [1.165, 1.54) is 20.3 Å². The number of fused-ring (bicyclic) bond motifs is 6. The number of amides is 4. The minimum absolute atomic E-state index is 0.00551. The van der Waals surface area contributed by atoms with Gasteiger partial charge in [-0.15, -0.1) is 0 Å². The van der Waals surface area contributed by atoms with Crippen LogP contribution in [0.15, 0.2) is 91.1 Å². The van der Waals surface area contributed by atoms with E-state index in [4.69, 9.17) is 19.4 Å². The summed E-state index contributed by atoms with van der Waals surface area (Å²) < 4.78 is 43.2. The Morgan fingerprint density at radius 3 is 2.18 bits per heavy atom. The molecule has 1 spiro atoms. The number of halogens is 2. The van der Waals surface area contributed by atoms with Crippen LogP contribution in [0.5, 0.6) is 0 Å². The zero-order valence-corrected chi connectivity index (χ0v) is 38.1. The van der Waals surface area contributed by atoms with Gasteiger partial charge in [0.05, 0.1) is 49.2 Å².